The van der Waals surface area contributed by atoms with E-state index in [2.05, 4.69) is 4.72 Å². The number of aliphatic hydroxyl groups excluding tert-OH is 1. The summed E-state index contributed by atoms with van der Waals surface area (Å²) in [6.45, 7) is 0.0436. The van der Waals surface area contributed by atoms with Crippen LogP contribution in [0, 0.1) is 0 Å². The van der Waals surface area contributed by atoms with Crippen molar-refractivity contribution in [2.45, 2.75) is 11.3 Å². The smallest absolute Gasteiger partial charge is 0.244 e. The summed E-state index contributed by atoms with van der Waals surface area (Å²) in [5, 5.41) is 8.69. The zero-order valence-corrected chi connectivity index (χ0v) is 12.5. The summed E-state index contributed by atoms with van der Waals surface area (Å²) >= 11 is 0. The van der Waals surface area contributed by atoms with Crippen molar-refractivity contribution < 1.29 is 27.7 Å². The fraction of sp³-hybridized carbons (Fsp3) is 0.500. The van der Waals surface area contributed by atoms with Crippen LogP contribution in [-0.2, 0) is 10.0 Å². The molecule has 20 heavy (non-hydrogen) atoms. The van der Waals surface area contributed by atoms with Crippen molar-refractivity contribution in [2.75, 3.05) is 34.5 Å². The summed E-state index contributed by atoms with van der Waals surface area (Å²) < 4.78 is 42.1. The average Bonchev–Trinajstić information content (AvgIpc) is 2.45. The van der Waals surface area contributed by atoms with Gasteiger partial charge in [0.15, 0.2) is 11.5 Å². The Morgan fingerprint density at radius 2 is 1.75 bits per heavy atom. The predicted octanol–water partition coefficient (Wildman–Crippen LogP) is 0.373. The maximum atomic E-state index is 12.2. The van der Waals surface area contributed by atoms with Crippen LogP contribution in [0.15, 0.2) is 17.0 Å². The zero-order chi connectivity index (χ0) is 15.2. The molecule has 0 fully saturated rings. The van der Waals surface area contributed by atoms with Gasteiger partial charge in [-0.3, -0.25) is 0 Å². The molecule has 0 aliphatic heterocycles. The van der Waals surface area contributed by atoms with Crippen molar-refractivity contribution in [2.24, 2.45) is 0 Å². The minimum absolute atomic E-state index is 0.0458. The summed E-state index contributed by atoms with van der Waals surface area (Å²) in [4.78, 5) is -0.0458. The Kier molecular flexibility index (Phi) is 6.05. The highest BCUT2D eigenvalue weighted by Crippen LogP contribution is 2.41. The van der Waals surface area contributed by atoms with Crippen LogP contribution in [0.2, 0.25) is 0 Å². The second kappa shape index (κ2) is 7.32. The highest BCUT2D eigenvalue weighted by Gasteiger charge is 2.24. The van der Waals surface area contributed by atoms with E-state index in [0.29, 0.717) is 12.2 Å². The van der Waals surface area contributed by atoms with Gasteiger partial charge in [0.05, 0.1) is 21.3 Å². The molecule has 1 rings (SSSR count). The van der Waals surface area contributed by atoms with Crippen molar-refractivity contribution in [3.8, 4) is 17.2 Å². The molecule has 7 nitrogen and oxygen atoms in total. The molecule has 0 saturated carbocycles. The Hall–Kier alpha value is -1.51. The Bertz CT molecular complexity index is 543. The van der Waals surface area contributed by atoms with Gasteiger partial charge in [0.2, 0.25) is 15.8 Å². The molecule has 0 bridgehead atoms. The molecular weight excluding hydrogens is 286 g/mol. The van der Waals surface area contributed by atoms with Gasteiger partial charge in [-0.15, -0.1) is 0 Å². The van der Waals surface area contributed by atoms with E-state index in [4.69, 9.17) is 19.3 Å². The summed E-state index contributed by atoms with van der Waals surface area (Å²) in [5.74, 6) is 0.655. The summed E-state index contributed by atoms with van der Waals surface area (Å²) in [7, 11) is 0.445. The van der Waals surface area contributed by atoms with Crippen LogP contribution in [0.5, 0.6) is 17.2 Å². The number of ether oxygens (including phenoxy) is 3. The second-order valence-corrected chi connectivity index (χ2v) is 5.54. The van der Waals surface area contributed by atoms with E-state index in [0.717, 1.165) is 0 Å². The highest BCUT2D eigenvalue weighted by atomic mass is 32.2. The Morgan fingerprint density at radius 1 is 1.10 bits per heavy atom. The predicted molar refractivity (Wildman–Crippen MR) is 73.0 cm³/mol. The lowest BCUT2D eigenvalue weighted by molar-refractivity contribution is 0.289. The number of aliphatic hydroxyl groups is 1. The minimum Gasteiger partial charge on any atom is -0.493 e. The van der Waals surface area contributed by atoms with Gasteiger partial charge in [-0.2, -0.15) is 0 Å². The number of benzene rings is 1. The molecular formula is C12H19NO6S. The van der Waals surface area contributed by atoms with Crippen molar-refractivity contribution in [3.05, 3.63) is 12.1 Å². The molecule has 0 saturated heterocycles. The van der Waals surface area contributed by atoms with Gasteiger partial charge in [-0.05, 0) is 18.6 Å². The highest BCUT2D eigenvalue weighted by molar-refractivity contribution is 7.89. The first-order chi connectivity index (χ1) is 9.51. The summed E-state index contributed by atoms with van der Waals surface area (Å²) in [5.41, 5.74) is 0. The van der Waals surface area contributed by atoms with Gasteiger partial charge in [0.1, 0.15) is 4.90 Å². The van der Waals surface area contributed by atoms with Crippen molar-refractivity contribution >= 4 is 10.0 Å². The van der Waals surface area contributed by atoms with E-state index in [1.54, 1.807) is 0 Å². The fourth-order valence-electron chi connectivity index (χ4n) is 1.65. The van der Waals surface area contributed by atoms with E-state index in [1.807, 2.05) is 0 Å². The van der Waals surface area contributed by atoms with Crippen LogP contribution in [0.3, 0.4) is 0 Å². The quantitative estimate of drug-likeness (QED) is 0.674. The topological polar surface area (TPSA) is 94.1 Å². The molecule has 0 amide bonds. The maximum absolute atomic E-state index is 12.2. The Labute approximate surface area is 118 Å². The van der Waals surface area contributed by atoms with Gasteiger partial charge in [0.25, 0.3) is 0 Å². The van der Waals surface area contributed by atoms with Crippen molar-refractivity contribution in [1.29, 1.82) is 0 Å². The third kappa shape index (κ3) is 3.53. The van der Waals surface area contributed by atoms with E-state index < -0.39 is 10.0 Å². The van der Waals surface area contributed by atoms with Crippen molar-refractivity contribution in [1.82, 2.24) is 4.72 Å². The fourth-order valence-corrected chi connectivity index (χ4v) is 2.88. The van der Waals surface area contributed by atoms with E-state index >= 15 is 0 Å². The number of hydrogen-bond acceptors (Lipinski definition) is 6. The van der Waals surface area contributed by atoms with Crippen LogP contribution >= 0.6 is 0 Å². The molecule has 0 aliphatic carbocycles. The lowest BCUT2D eigenvalue weighted by Gasteiger charge is -2.16. The normalized spacial score (nSPS) is 11.2. The van der Waals surface area contributed by atoms with Gasteiger partial charge in [-0.25, -0.2) is 13.1 Å². The second-order valence-electron chi connectivity index (χ2n) is 3.81. The monoisotopic (exact) mass is 305 g/mol. The van der Waals surface area contributed by atoms with Crippen LogP contribution < -0.4 is 18.9 Å². The molecule has 2 N–H and O–H groups in total. The number of sulfonamides is 1. The Balaban J connectivity index is 3.24. The van der Waals surface area contributed by atoms with Gasteiger partial charge in [-0.1, -0.05) is 0 Å². The first kappa shape index (κ1) is 16.5. The lowest BCUT2D eigenvalue weighted by atomic mass is 10.3. The van der Waals surface area contributed by atoms with E-state index in [1.165, 1.54) is 33.5 Å². The Morgan fingerprint density at radius 3 is 2.25 bits per heavy atom. The third-order valence-corrected chi connectivity index (χ3v) is 4.07. The van der Waals surface area contributed by atoms with Crippen LogP contribution in [0.4, 0.5) is 0 Å². The first-order valence-corrected chi connectivity index (χ1v) is 7.39. The minimum atomic E-state index is -3.75. The van der Waals surface area contributed by atoms with E-state index in [9.17, 15) is 8.42 Å². The van der Waals surface area contributed by atoms with E-state index in [-0.39, 0.29) is 29.5 Å². The van der Waals surface area contributed by atoms with Gasteiger partial charge in [0, 0.05) is 13.2 Å². The average molecular weight is 305 g/mol. The lowest BCUT2D eigenvalue weighted by Crippen LogP contribution is -2.26. The number of nitrogens with one attached hydrogen (secondary N) is 1. The first-order valence-electron chi connectivity index (χ1n) is 5.91. The molecule has 1 aromatic rings. The molecule has 8 heteroatoms. The molecule has 0 heterocycles. The number of hydrogen-bond donors (Lipinski definition) is 2. The van der Waals surface area contributed by atoms with Crippen LogP contribution in [-0.4, -0.2) is 48.0 Å². The number of methoxy groups -OCH3 is 3. The number of rotatable bonds is 8. The zero-order valence-electron chi connectivity index (χ0n) is 11.7. The van der Waals surface area contributed by atoms with Crippen molar-refractivity contribution in [3.63, 3.8) is 0 Å². The molecule has 0 spiro atoms. The van der Waals surface area contributed by atoms with Crippen LogP contribution in [0.25, 0.3) is 0 Å². The maximum Gasteiger partial charge on any atom is 0.244 e. The van der Waals surface area contributed by atoms with Gasteiger partial charge < -0.3 is 19.3 Å². The molecule has 114 valence electrons. The molecule has 0 atom stereocenters. The molecule has 1 aromatic carbocycles. The van der Waals surface area contributed by atoms with Gasteiger partial charge >= 0.3 is 0 Å². The SMILES string of the molecule is COc1ccc(S(=O)(=O)NCCCO)c(OC)c1OC. The standard InChI is InChI=1S/C12H19NO6S/c1-17-9-5-6-10(12(19-3)11(9)18-2)20(15,16)13-7-4-8-14/h5-6,13-14H,4,7-8H2,1-3H3. The molecule has 0 unspecified atom stereocenters. The summed E-state index contributed by atoms with van der Waals surface area (Å²) in [6.07, 6.45) is 0.328. The third-order valence-electron chi connectivity index (χ3n) is 2.58. The molecule has 0 aliphatic rings. The molecule has 0 radical (unpaired) electrons. The van der Waals surface area contributed by atoms with Crippen LogP contribution in [0.1, 0.15) is 6.42 Å². The largest absolute Gasteiger partial charge is 0.493 e. The molecule has 0 aromatic heterocycles. The summed E-state index contributed by atoms with van der Waals surface area (Å²) in [6, 6.07) is 2.86.